The van der Waals surface area contributed by atoms with Crippen LogP contribution in [0.4, 0.5) is 5.69 Å². The maximum atomic E-state index is 12.4. The van der Waals surface area contributed by atoms with E-state index in [1.165, 1.54) is 4.90 Å². The molecule has 2 aliphatic rings. The molecule has 0 aromatic heterocycles. The van der Waals surface area contributed by atoms with Crippen LogP contribution in [0.1, 0.15) is 33.6 Å². The number of hydrogen-bond acceptors (Lipinski definition) is 5. The van der Waals surface area contributed by atoms with Crippen LogP contribution in [0.15, 0.2) is 54.6 Å². The van der Waals surface area contributed by atoms with Crippen molar-refractivity contribution in [1.82, 2.24) is 15.1 Å². The summed E-state index contributed by atoms with van der Waals surface area (Å²) in [5.41, 5.74) is 1.95. The molecule has 2 aromatic carbocycles. The van der Waals surface area contributed by atoms with E-state index in [4.69, 9.17) is 0 Å². The molecule has 1 saturated heterocycles. The van der Waals surface area contributed by atoms with Crippen LogP contribution in [0.5, 0.6) is 0 Å². The minimum Gasteiger partial charge on any atom is -0.368 e. The first-order valence-electron chi connectivity index (χ1n) is 10.8. The predicted octanol–water partition coefficient (Wildman–Crippen LogP) is 1.53. The van der Waals surface area contributed by atoms with Crippen molar-refractivity contribution < 1.29 is 19.2 Å². The van der Waals surface area contributed by atoms with Gasteiger partial charge in [0.15, 0.2) is 0 Å². The lowest BCUT2D eigenvalue weighted by molar-refractivity contribution is -0.133. The smallest absolute Gasteiger partial charge is 0.261 e. The van der Waals surface area contributed by atoms with Gasteiger partial charge in [0.1, 0.15) is 0 Å². The van der Waals surface area contributed by atoms with Gasteiger partial charge in [0.25, 0.3) is 11.8 Å². The fourth-order valence-electron chi connectivity index (χ4n) is 4.07. The Morgan fingerprint density at radius 3 is 2.03 bits per heavy atom. The monoisotopic (exact) mass is 434 g/mol. The highest BCUT2D eigenvalue weighted by atomic mass is 16.2. The van der Waals surface area contributed by atoms with Crippen molar-refractivity contribution in [3.8, 4) is 0 Å². The van der Waals surface area contributed by atoms with Crippen LogP contribution in [-0.4, -0.2) is 72.7 Å². The minimum absolute atomic E-state index is 0.0445. The minimum atomic E-state index is -0.323. The summed E-state index contributed by atoms with van der Waals surface area (Å²) < 4.78 is 0. The van der Waals surface area contributed by atoms with Crippen molar-refractivity contribution in [3.05, 3.63) is 65.7 Å². The van der Waals surface area contributed by atoms with Crippen molar-refractivity contribution in [2.24, 2.45) is 0 Å². The summed E-state index contributed by atoms with van der Waals surface area (Å²) in [5.74, 6) is -1.02. The van der Waals surface area contributed by atoms with E-state index in [9.17, 15) is 19.2 Å². The van der Waals surface area contributed by atoms with Gasteiger partial charge in [-0.05, 0) is 30.7 Å². The molecule has 0 radical (unpaired) electrons. The number of carbonyl (C=O) groups is 4. The second kappa shape index (κ2) is 9.64. The van der Waals surface area contributed by atoms with Gasteiger partial charge in [0.05, 0.1) is 17.7 Å². The molecule has 0 aliphatic carbocycles. The van der Waals surface area contributed by atoms with Crippen molar-refractivity contribution in [3.63, 3.8) is 0 Å². The molecule has 8 heteroatoms. The first-order valence-corrected chi connectivity index (χ1v) is 10.8. The molecule has 2 heterocycles. The number of anilines is 1. The molecule has 0 unspecified atom stereocenters. The summed E-state index contributed by atoms with van der Waals surface area (Å²) in [6.07, 6.45) is 0.490. The molecule has 0 saturated carbocycles. The average molecular weight is 434 g/mol. The Hall–Kier alpha value is -3.68. The molecule has 0 bridgehead atoms. The van der Waals surface area contributed by atoms with E-state index in [1.54, 1.807) is 29.2 Å². The highest BCUT2D eigenvalue weighted by Crippen LogP contribution is 2.22. The largest absolute Gasteiger partial charge is 0.368 e. The molecule has 2 aromatic rings. The third kappa shape index (κ3) is 4.64. The molecule has 1 N–H and O–H groups in total. The van der Waals surface area contributed by atoms with Gasteiger partial charge in [-0.15, -0.1) is 0 Å². The van der Waals surface area contributed by atoms with E-state index in [2.05, 4.69) is 22.3 Å². The predicted molar refractivity (Wildman–Crippen MR) is 119 cm³/mol. The van der Waals surface area contributed by atoms with Crippen LogP contribution < -0.4 is 10.2 Å². The van der Waals surface area contributed by atoms with Gasteiger partial charge >= 0.3 is 0 Å². The number of benzene rings is 2. The van der Waals surface area contributed by atoms with Crippen LogP contribution in [0, 0.1) is 0 Å². The van der Waals surface area contributed by atoms with Gasteiger partial charge in [0, 0.05) is 44.8 Å². The lowest BCUT2D eigenvalue weighted by atomic mass is 10.1. The lowest BCUT2D eigenvalue weighted by Gasteiger charge is -2.36. The van der Waals surface area contributed by atoms with Crippen molar-refractivity contribution in [2.45, 2.75) is 12.8 Å². The Morgan fingerprint density at radius 2 is 1.41 bits per heavy atom. The number of piperazine rings is 1. The van der Waals surface area contributed by atoms with E-state index < -0.39 is 0 Å². The topological polar surface area (TPSA) is 90.0 Å². The van der Waals surface area contributed by atoms with Crippen LogP contribution in [0.25, 0.3) is 0 Å². The maximum Gasteiger partial charge on any atom is 0.261 e. The van der Waals surface area contributed by atoms with E-state index in [1.807, 2.05) is 18.2 Å². The molecular weight excluding hydrogens is 408 g/mol. The summed E-state index contributed by atoms with van der Waals surface area (Å²) in [7, 11) is 0. The van der Waals surface area contributed by atoms with Gasteiger partial charge < -0.3 is 15.1 Å². The number of nitrogens with one attached hydrogen (secondary N) is 1. The SMILES string of the molecule is O=C(CCCN1C(=O)c2ccccc2C1=O)NCC(=O)N1CCN(c2ccccc2)CC1. The molecule has 0 spiro atoms. The quantitative estimate of drug-likeness (QED) is 0.668. The number of imide groups is 1. The fourth-order valence-corrected chi connectivity index (χ4v) is 4.07. The molecule has 2 aliphatic heterocycles. The molecule has 32 heavy (non-hydrogen) atoms. The average Bonchev–Trinajstić information content (AvgIpc) is 3.08. The maximum absolute atomic E-state index is 12.4. The van der Waals surface area contributed by atoms with Crippen LogP contribution in [-0.2, 0) is 9.59 Å². The molecule has 1 fully saturated rings. The van der Waals surface area contributed by atoms with E-state index in [0.717, 1.165) is 18.8 Å². The van der Waals surface area contributed by atoms with Gasteiger partial charge in [-0.3, -0.25) is 24.1 Å². The molecule has 8 nitrogen and oxygen atoms in total. The molecule has 166 valence electrons. The molecule has 0 atom stereocenters. The van der Waals surface area contributed by atoms with Gasteiger partial charge in [-0.2, -0.15) is 0 Å². The van der Waals surface area contributed by atoms with E-state index >= 15 is 0 Å². The number of carbonyl (C=O) groups excluding carboxylic acids is 4. The number of nitrogens with zero attached hydrogens (tertiary/aromatic N) is 3. The number of rotatable bonds is 7. The molecule has 4 rings (SSSR count). The standard InChI is InChI=1S/C24H26N4O4/c29-21(11-6-12-28-23(31)19-9-4-5-10-20(19)24(28)32)25-17-22(30)27-15-13-26(14-16-27)18-7-2-1-3-8-18/h1-5,7-10H,6,11-17H2,(H,25,29). The highest BCUT2D eigenvalue weighted by molar-refractivity contribution is 6.21. The van der Waals surface area contributed by atoms with Crippen LogP contribution in [0.3, 0.4) is 0 Å². The summed E-state index contributed by atoms with van der Waals surface area (Å²) in [6.45, 7) is 2.87. The Morgan fingerprint density at radius 1 is 0.812 bits per heavy atom. The van der Waals surface area contributed by atoms with Crippen molar-refractivity contribution in [2.75, 3.05) is 44.2 Å². The van der Waals surface area contributed by atoms with Crippen molar-refractivity contribution in [1.29, 1.82) is 0 Å². The van der Waals surface area contributed by atoms with Gasteiger partial charge in [-0.1, -0.05) is 30.3 Å². The van der Waals surface area contributed by atoms with E-state index in [0.29, 0.717) is 30.6 Å². The summed E-state index contributed by atoms with van der Waals surface area (Å²) in [5, 5.41) is 2.66. The van der Waals surface area contributed by atoms with Gasteiger partial charge in [-0.25, -0.2) is 0 Å². The van der Waals surface area contributed by atoms with Crippen LogP contribution in [0.2, 0.25) is 0 Å². The molecule has 4 amide bonds. The zero-order valence-corrected chi connectivity index (χ0v) is 17.8. The second-order valence-corrected chi connectivity index (χ2v) is 7.89. The number of para-hydroxylation sites is 1. The Labute approximate surface area is 186 Å². The Balaban J connectivity index is 1.16. The van der Waals surface area contributed by atoms with E-state index in [-0.39, 0.29) is 43.1 Å². The highest BCUT2D eigenvalue weighted by Gasteiger charge is 2.34. The number of fused-ring (bicyclic) bond motifs is 1. The number of amides is 4. The second-order valence-electron chi connectivity index (χ2n) is 7.89. The summed E-state index contributed by atoms with van der Waals surface area (Å²) >= 11 is 0. The zero-order chi connectivity index (χ0) is 22.5. The van der Waals surface area contributed by atoms with Gasteiger partial charge in [0.2, 0.25) is 11.8 Å². The summed E-state index contributed by atoms with van der Waals surface area (Å²) in [6, 6.07) is 16.8. The molecular formula is C24H26N4O4. The normalized spacial score (nSPS) is 15.7. The third-order valence-electron chi connectivity index (χ3n) is 5.85. The Bertz CT molecular complexity index is 981. The third-order valence-corrected chi connectivity index (χ3v) is 5.85. The first kappa shape index (κ1) is 21.5. The number of hydrogen-bond donors (Lipinski definition) is 1. The zero-order valence-electron chi connectivity index (χ0n) is 17.8. The lowest BCUT2D eigenvalue weighted by Crippen LogP contribution is -2.51. The Kier molecular flexibility index (Phi) is 6.49. The fraction of sp³-hybridized carbons (Fsp3) is 0.333. The first-order chi connectivity index (χ1) is 15.5. The van der Waals surface area contributed by atoms with Crippen molar-refractivity contribution >= 4 is 29.3 Å². The van der Waals surface area contributed by atoms with Crippen LogP contribution >= 0.6 is 0 Å². The summed E-state index contributed by atoms with van der Waals surface area (Å²) in [4.78, 5) is 54.4.